The van der Waals surface area contributed by atoms with Gasteiger partial charge in [-0.2, -0.15) is 0 Å². The van der Waals surface area contributed by atoms with E-state index >= 15 is 0 Å². The van der Waals surface area contributed by atoms with Gasteiger partial charge in [-0.05, 0) is 68.2 Å². The molecule has 1 aliphatic rings. The van der Waals surface area contributed by atoms with E-state index in [1.54, 1.807) is 55.4 Å². The summed E-state index contributed by atoms with van der Waals surface area (Å²) < 4.78 is 6.82. The molecule has 1 aliphatic heterocycles. The van der Waals surface area contributed by atoms with Gasteiger partial charge in [0.05, 0.1) is 23.5 Å². The molecule has 0 bridgehead atoms. The normalized spacial score (nSPS) is 15.2. The summed E-state index contributed by atoms with van der Waals surface area (Å²) in [4.78, 5) is 46.0. The van der Waals surface area contributed by atoms with Gasteiger partial charge in [0, 0.05) is 36.1 Å². The Morgan fingerprint density at radius 1 is 1.05 bits per heavy atom. The minimum atomic E-state index is -0.709. The van der Waals surface area contributed by atoms with Gasteiger partial charge in [0.25, 0.3) is 0 Å². The maximum absolute atomic E-state index is 13.2. The Balaban J connectivity index is 1.59. The molecule has 0 aliphatic carbocycles. The first-order valence-electron chi connectivity index (χ1n) is 11.9. The molecule has 0 spiro atoms. The second kappa shape index (κ2) is 9.92. The molecule has 0 radical (unpaired) electrons. The largest absolute Gasteiger partial charge is 0.419 e. The fraction of sp³-hybridized carbons (Fsp3) is 0.214. The van der Waals surface area contributed by atoms with Crippen molar-refractivity contribution in [1.29, 1.82) is 0 Å². The van der Waals surface area contributed by atoms with E-state index in [4.69, 9.17) is 21.0 Å². The summed E-state index contributed by atoms with van der Waals surface area (Å²) in [5.74, 6) is -1.46. The minimum absolute atomic E-state index is 0.0394. The highest BCUT2D eigenvalue weighted by Gasteiger charge is 2.35. The van der Waals surface area contributed by atoms with Crippen LogP contribution in [0.3, 0.4) is 0 Å². The predicted octanol–water partition coefficient (Wildman–Crippen LogP) is 4.17. The van der Waals surface area contributed by atoms with Gasteiger partial charge in [-0.1, -0.05) is 23.7 Å². The summed E-state index contributed by atoms with van der Waals surface area (Å²) in [6.07, 6.45) is 0. The average molecular weight is 532 g/mol. The van der Waals surface area contributed by atoms with E-state index < -0.39 is 11.7 Å². The smallest absolute Gasteiger partial charge is 0.408 e. The third kappa shape index (κ3) is 4.73. The molecule has 0 saturated carbocycles. The highest BCUT2D eigenvalue weighted by atomic mass is 35.5. The molecule has 4 aromatic rings. The summed E-state index contributed by atoms with van der Waals surface area (Å²) in [7, 11) is 7.04. The number of hydrogen-bond donors (Lipinski definition) is 1. The summed E-state index contributed by atoms with van der Waals surface area (Å²) in [5, 5.41) is 3.41. The number of aryl methyl sites for hydroxylation is 1. The lowest BCUT2D eigenvalue weighted by Crippen LogP contribution is -2.34. The van der Waals surface area contributed by atoms with E-state index in [2.05, 4.69) is 5.32 Å². The standard InChI is InChI=1S/C28H26ClN5O4/c1-32(2)15-24(35)33(3)19-9-7-18(8-10-19)30-26(16-5-12-22-23(13-16)38-28(37)34(22)4)25-20-11-6-17(29)14-21(20)31-27(25)36/h5-14,25H,15H2,1-4H3,(H,31,36). The van der Waals surface area contributed by atoms with Gasteiger partial charge in [0.1, 0.15) is 5.92 Å². The van der Waals surface area contributed by atoms with Crippen LogP contribution in [-0.2, 0) is 16.6 Å². The quantitative estimate of drug-likeness (QED) is 0.376. The van der Waals surface area contributed by atoms with E-state index in [0.717, 1.165) is 11.3 Å². The SMILES string of the molecule is CN(C)CC(=O)N(C)c1ccc(N=C(c2ccc3c(c2)oc(=O)n3C)C2C(=O)Nc3cc(Cl)ccc32)cc1. The van der Waals surface area contributed by atoms with Gasteiger partial charge in [-0.25, -0.2) is 4.79 Å². The Morgan fingerprint density at radius 2 is 1.79 bits per heavy atom. The number of nitrogens with zero attached hydrogens (tertiary/aromatic N) is 4. The lowest BCUT2D eigenvalue weighted by atomic mass is 9.90. The number of amides is 2. The number of benzene rings is 3. The van der Waals surface area contributed by atoms with Gasteiger partial charge >= 0.3 is 5.76 Å². The van der Waals surface area contributed by atoms with Crippen molar-refractivity contribution < 1.29 is 14.0 Å². The van der Waals surface area contributed by atoms with E-state index in [-0.39, 0.29) is 11.8 Å². The number of anilines is 2. The van der Waals surface area contributed by atoms with E-state index in [9.17, 15) is 14.4 Å². The third-order valence-corrected chi connectivity index (χ3v) is 6.76. The van der Waals surface area contributed by atoms with Crippen LogP contribution in [0.1, 0.15) is 17.0 Å². The summed E-state index contributed by atoms with van der Waals surface area (Å²) >= 11 is 6.16. The number of aromatic nitrogens is 1. The number of fused-ring (bicyclic) bond motifs is 2. The van der Waals surface area contributed by atoms with Crippen molar-refractivity contribution in [1.82, 2.24) is 9.47 Å². The molecular formula is C28H26ClN5O4. The summed E-state index contributed by atoms with van der Waals surface area (Å²) in [6.45, 7) is 0.291. The summed E-state index contributed by atoms with van der Waals surface area (Å²) in [5.41, 5.74) is 4.86. The minimum Gasteiger partial charge on any atom is -0.408 e. The first kappa shape index (κ1) is 25.4. The predicted molar refractivity (Wildman–Crippen MR) is 149 cm³/mol. The van der Waals surface area contributed by atoms with Crippen LogP contribution < -0.4 is 16.0 Å². The number of nitrogens with one attached hydrogen (secondary N) is 1. The van der Waals surface area contributed by atoms with Crippen LogP contribution >= 0.6 is 11.6 Å². The van der Waals surface area contributed by atoms with Crippen LogP contribution in [0.15, 0.2) is 74.9 Å². The highest BCUT2D eigenvalue weighted by Crippen LogP contribution is 2.38. The lowest BCUT2D eigenvalue weighted by Gasteiger charge is -2.20. The van der Waals surface area contributed by atoms with Crippen molar-refractivity contribution in [3.63, 3.8) is 0 Å². The number of likely N-dealkylation sites (N-methyl/N-ethyl adjacent to an activating group) is 2. The lowest BCUT2D eigenvalue weighted by molar-refractivity contribution is -0.119. The second-order valence-corrected chi connectivity index (χ2v) is 9.90. The topological polar surface area (TPSA) is 100 Å². The first-order chi connectivity index (χ1) is 18.1. The molecule has 2 heterocycles. The Hall–Kier alpha value is -4.21. The van der Waals surface area contributed by atoms with E-state index in [1.165, 1.54) is 4.57 Å². The van der Waals surface area contributed by atoms with E-state index in [1.807, 2.05) is 43.3 Å². The fourth-order valence-electron chi connectivity index (χ4n) is 4.51. The summed E-state index contributed by atoms with van der Waals surface area (Å²) in [6, 6.07) is 17.8. The zero-order valence-electron chi connectivity index (χ0n) is 21.4. The molecule has 1 N–H and O–H groups in total. The van der Waals surface area contributed by atoms with Crippen LogP contribution in [0.5, 0.6) is 0 Å². The van der Waals surface area contributed by atoms with Crippen LogP contribution in [0, 0.1) is 0 Å². The number of rotatable bonds is 6. The maximum Gasteiger partial charge on any atom is 0.419 e. The van der Waals surface area contributed by atoms with Crippen LogP contribution in [0.25, 0.3) is 11.1 Å². The number of carbonyl (C=O) groups is 2. The second-order valence-electron chi connectivity index (χ2n) is 9.47. The van der Waals surface area contributed by atoms with Gasteiger partial charge in [-0.15, -0.1) is 0 Å². The van der Waals surface area contributed by atoms with Gasteiger partial charge in [-0.3, -0.25) is 19.1 Å². The maximum atomic E-state index is 13.2. The molecule has 1 atom stereocenters. The van der Waals surface area contributed by atoms with Gasteiger partial charge in [0.2, 0.25) is 11.8 Å². The molecule has 10 heteroatoms. The molecule has 194 valence electrons. The van der Waals surface area contributed by atoms with Gasteiger partial charge < -0.3 is 19.5 Å². The molecule has 9 nitrogen and oxygen atoms in total. The number of hydrogen-bond acceptors (Lipinski definition) is 6. The van der Waals surface area contributed by atoms with Crippen molar-refractivity contribution in [2.24, 2.45) is 12.0 Å². The van der Waals surface area contributed by atoms with Crippen LogP contribution in [0.4, 0.5) is 17.1 Å². The Bertz CT molecular complexity index is 1650. The van der Waals surface area contributed by atoms with Crippen molar-refractivity contribution >= 4 is 57.3 Å². The molecule has 38 heavy (non-hydrogen) atoms. The highest BCUT2D eigenvalue weighted by molar-refractivity contribution is 6.31. The Morgan fingerprint density at radius 3 is 2.50 bits per heavy atom. The van der Waals surface area contributed by atoms with Crippen molar-refractivity contribution in [2.75, 3.05) is 37.9 Å². The Labute approximate surface area is 223 Å². The fourth-order valence-corrected chi connectivity index (χ4v) is 4.68. The van der Waals surface area contributed by atoms with Crippen molar-refractivity contribution in [2.45, 2.75) is 5.92 Å². The molecule has 2 amide bonds. The van der Waals surface area contributed by atoms with Crippen molar-refractivity contribution in [3.05, 3.63) is 87.4 Å². The molecule has 1 aromatic heterocycles. The molecule has 5 rings (SSSR count). The molecule has 0 saturated heterocycles. The molecular weight excluding hydrogens is 506 g/mol. The molecule has 3 aromatic carbocycles. The Kier molecular flexibility index (Phi) is 6.64. The number of halogens is 1. The number of aliphatic imine (C=N–C) groups is 1. The number of carbonyl (C=O) groups excluding carboxylic acids is 2. The first-order valence-corrected chi connectivity index (χ1v) is 12.3. The van der Waals surface area contributed by atoms with E-state index in [0.29, 0.717) is 45.3 Å². The van der Waals surface area contributed by atoms with Gasteiger partial charge in [0.15, 0.2) is 5.58 Å². The van der Waals surface area contributed by atoms with Crippen molar-refractivity contribution in [3.8, 4) is 0 Å². The monoisotopic (exact) mass is 531 g/mol. The van der Waals surface area contributed by atoms with Crippen LogP contribution in [0.2, 0.25) is 5.02 Å². The third-order valence-electron chi connectivity index (χ3n) is 6.52. The average Bonchev–Trinajstić information content (AvgIpc) is 3.35. The zero-order valence-corrected chi connectivity index (χ0v) is 22.1. The zero-order chi connectivity index (χ0) is 27.1. The molecule has 0 fully saturated rings. The van der Waals surface area contributed by atoms with Crippen LogP contribution in [-0.4, -0.2) is 54.7 Å². The molecule has 1 unspecified atom stereocenters. The number of oxazole rings is 1.